The quantitative estimate of drug-likeness (QED) is 0.403. The summed E-state index contributed by atoms with van der Waals surface area (Å²) in [5, 5.41) is 11.5. The Labute approximate surface area is 42.6 Å². The van der Waals surface area contributed by atoms with Crippen LogP contribution in [0.5, 0.6) is 0 Å². The van der Waals surface area contributed by atoms with Gasteiger partial charge in [0.1, 0.15) is 7.11 Å². The topological polar surface area (TPSA) is 41.8 Å². The molecule has 0 unspecified atom stereocenters. The molecule has 0 aromatic rings. The zero-order valence-electron chi connectivity index (χ0n) is 4.29. The van der Waals surface area contributed by atoms with Crippen LogP contribution >= 0.6 is 0 Å². The Morgan fingerprint density at radius 2 is 2.57 bits per heavy atom. The molecule has 0 aliphatic rings. The number of nitrogens with zero attached hydrogens (tertiary/aromatic N) is 1. The van der Waals surface area contributed by atoms with Crippen molar-refractivity contribution in [2.75, 3.05) is 13.7 Å². The summed E-state index contributed by atoms with van der Waals surface area (Å²) >= 11 is 0. The van der Waals surface area contributed by atoms with Crippen LogP contribution in [0.4, 0.5) is 0 Å². The van der Waals surface area contributed by atoms with Gasteiger partial charge in [0.2, 0.25) is 0 Å². The molecule has 0 amide bonds. The first-order valence-corrected chi connectivity index (χ1v) is 2.07. The maximum atomic E-state index is 8.15. The van der Waals surface area contributed by atoms with Gasteiger partial charge in [-0.3, -0.25) is 0 Å². The third-order valence-corrected chi connectivity index (χ3v) is 0.438. The highest BCUT2D eigenvalue weighted by molar-refractivity contribution is 5.56. The van der Waals surface area contributed by atoms with Crippen LogP contribution < -0.4 is 0 Å². The van der Waals surface area contributed by atoms with Crippen molar-refractivity contribution >= 4 is 6.21 Å². The van der Waals surface area contributed by atoms with Crippen molar-refractivity contribution in [1.29, 1.82) is 0 Å². The van der Waals surface area contributed by atoms with Gasteiger partial charge in [0.05, 0.1) is 0 Å². The largest absolute Gasteiger partial charge is 0.399 e. The molecule has 0 atom stereocenters. The molecule has 1 N–H and O–H groups in total. The summed E-state index contributed by atoms with van der Waals surface area (Å²) < 4.78 is 0. The lowest BCUT2D eigenvalue weighted by molar-refractivity contribution is 0.213. The number of hydrogen-bond donors (Lipinski definition) is 1. The minimum absolute atomic E-state index is 0.132. The van der Waals surface area contributed by atoms with E-state index in [9.17, 15) is 0 Å². The molecule has 3 heteroatoms. The highest BCUT2D eigenvalue weighted by Crippen LogP contribution is 1.69. The fourth-order valence-electron chi connectivity index (χ4n) is 0.185. The van der Waals surface area contributed by atoms with E-state index in [0.29, 0.717) is 6.42 Å². The van der Waals surface area contributed by atoms with Crippen LogP contribution in [0, 0.1) is 0 Å². The van der Waals surface area contributed by atoms with Gasteiger partial charge in [-0.2, -0.15) is 0 Å². The maximum absolute atomic E-state index is 8.15. The summed E-state index contributed by atoms with van der Waals surface area (Å²) in [6.07, 6.45) is 2.08. The lowest BCUT2D eigenvalue weighted by Gasteiger charge is -1.82. The fraction of sp³-hybridized carbons (Fsp3) is 0.750. The zero-order chi connectivity index (χ0) is 5.54. The highest BCUT2D eigenvalue weighted by atomic mass is 16.6. The van der Waals surface area contributed by atoms with Crippen LogP contribution in [-0.4, -0.2) is 25.0 Å². The molecule has 0 heterocycles. The number of rotatable bonds is 3. The molecular formula is C4H9NO2. The van der Waals surface area contributed by atoms with Crippen molar-refractivity contribution in [2.45, 2.75) is 6.42 Å². The number of hydrogen-bond acceptors (Lipinski definition) is 3. The Bertz CT molecular complexity index is 53.7. The minimum Gasteiger partial charge on any atom is -0.399 e. The van der Waals surface area contributed by atoms with Crippen LogP contribution in [0.15, 0.2) is 5.16 Å². The lowest BCUT2D eigenvalue weighted by Crippen LogP contribution is -1.82. The van der Waals surface area contributed by atoms with Gasteiger partial charge in [-0.25, -0.2) is 0 Å². The second-order valence-corrected chi connectivity index (χ2v) is 0.983. The van der Waals surface area contributed by atoms with E-state index < -0.39 is 0 Å². The van der Waals surface area contributed by atoms with E-state index in [1.54, 1.807) is 0 Å². The standard InChI is InChI=1S/C4H9NO2/c1-7-5-3-2-4-6/h3,6H,2,4H2,1H3/b5-3+. The van der Waals surface area contributed by atoms with Crippen LogP contribution in [0.2, 0.25) is 0 Å². The predicted molar refractivity (Wildman–Crippen MR) is 27.2 cm³/mol. The van der Waals surface area contributed by atoms with Gasteiger partial charge in [-0.1, -0.05) is 5.16 Å². The summed E-state index contributed by atoms with van der Waals surface area (Å²) in [6, 6.07) is 0. The van der Waals surface area contributed by atoms with Gasteiger partial charge in [-0.05, 0) is 0 Å². The Morgan fingerprint density at radius 1 is 1.86 bits per heavy atom. The third-order valence-electron chi connectivity index (χ3n) is 0.438. The van der Waals surface area contributed by atoms with Crippen LogP contribution in [0.1, 0.15) is 6.42 Å². The predicted octanol–water partition coefficient (Wildman–Crippen LogP) is 0.00100. The summed E-state index contributed by atoms with van der Waals surface area (Å²) in [7, 11) is 1.47. The molecule has 0 saturated carbocycles. The molecule has 0 aromatic heterocycles. The van der Waals surface area contributed by atoms with Gasteiger partial charge in [0.25, 0.3) is 0 Å². The number of aliphatic hydroxyl groups excluding tert-OH is 1. The second kappa shape index (κ2) is 5.43. The van der Waals surface area contributed by atoms with Crippen molar-refractivity contribution in [1.82, 2.24) is 0 Å². The van der Waals surface area contributed by atoms with Gasteiger partial charge in [0, 0.05) is 19.2 Å². The SMILES string of the molecule is CO/N=C/CCO. The molecule has 0 fully saturated rings. The van der Waals surface area contributed by atoms with Crippen molar-refractivity contribution in [3.05, 3.63) is 0 Å². The second-order valence-electron chi connectivity index (χ2n) is 0.983. The first kappa shape index (κ1) is 6.43. The molecule has 7 heavy (non-hydrogen) atoms. The van der Waals surface area contributed by atoms with Crippen molar-refractivity contribution in [3.63, 3.8) is 0 Å². The molecule has 0 aliphatic carbocycles. The third kappa shape index (κ3) is 5.43. The van der Waals surface area contributed by atoms with Crippen LogP contribution in [0.3, 0.4) is 0 Å². The summed E-state index contributed by atoms with van der Waals surface area (Å²) in [5.41, 5.74) is 0. The Hall–Kier alpha value is -0.570. The first-order chi connectivity index (χ1) is 3.41. The van der Waals surface area contributed by atoms with Crippen molar-refractivity contribution in [2.24, 2.45) is 5.16 Å². The molecule has 0 radical (unpaired) electrons. The molecular weight excluding hydrogens is 94.0 g/mol. The van der Waals surface area contributed by atoms with Crippen LogP contribution in [0.25, 0.3) is 0 Å². The van der Waals surface area contributed by atoms with E-state index in [-0.39, 0.29) is 6.61 Å². The van der Waals surface area contributed by atoms with Crippen molar-refractivity contribution in [3.8, 4) is 0 Å². The smallest absolute Gasteiger partial charge is 0.106 e. The Balaban J connectivity index is 2.78. The van der Waals surface area contributed by atoms with E-state index >= 15 is 0 Å². The van der Waals surface area contributed by atoms with Gasteiger partial charge < -0.3 is 9.94 Å². The van der Waals surface area contributed by atoms with Gasteiger partial charge in [-0.15, -0.1) is 0 Å². The Morgan fingerprint density at radius 3 is 3.00 bits per heavy atom. The van der Waals surface area contributed by atoms with E-state index in [1.807, 2.05) is 0 Å². The molecule has 0 bridgehead atoms. The highest BCUT2D eigenvalue weighted by Gasteiger charge is 1.70. The summed E-state index contributed by atoms with van der Waals surface area (Å²) in [5.74, 6) is 0. The maximum Gasteiger partial charge on any atom is 0.106 e. The molecule has 3 nitrogen and oxygen atoms in total. The average Bonchev–Trinajstić information content (AvgIpc) is 1.69. The zero-order valence-corrected chi connectivity index (χ0v) is 4.29. The van der Waals surface area contributed by atoms with E-state index in [1.165, 1.54) is 13.3 Å². The molecule has 0 aromatic carbocycles. The molecule has 0 aliphatic heterocycles. The van der Waals surface area contributed by atoms with Crippen LogP contribution in [-0.2, 0) is 4.84 Å². The van der Waals surface area contributed by atoms with Gasteiger partial charge >= 0.3 is 0 Å². The normalized spacial score (nSPS) is 10.0. The first-order valence-electron chi connectivity index (χ1n) is 2.07. The molecule has 0 rings (SSSR count). The number of oxime groups is 1. The minimum atomic E-state index is 0.132. The van der Waals surface area contributed by atoms with E-state index in [2.05, 4.69) is 9.99 Å². The van der Waals surface area contributed by atoms with Gasteiger partial charge in [0.15, 0.2) is 0 Å². The number of aliphatic hydroxyl groups is 1. The molecule has 0 spiro atoms. The Kier molecular flexibility index (Phi) is 4.99. The average molecular weight is 103 g/mol. The lowest BCUT2D eigenvalue weighted by atomic mass is 10.5. The molecule has 42 valence electrons. The summed E-state index contributed by atoms with van der Waals surface area (Å²) in [4.78, 5) is 4.30. The van der Waals surface area contributed by atoms with E-state index in [4.69, 9.17) is 5.11 Å². The van der Waals surface area contributed by atoms with Crippen molar-refractivity contribution < 1.29 is 9.94 Å². The fourth-order valence-corrected chi connectivity index (χ4v) is 0.185. The van der Waals surface area contributed by atoms with E-state index in [0.717, 1.165) is 0 Å². The monoisotopic (exact) mass is 103 g/mol. The molecule has 0 saturated heterocycles. The summed E-state index contributed by atoms with van der Waals surface area (Å²) in [6.45, 7) is 0.132.